The van der Waals surface area contributed by atoms with Gasteiger partial charge in [0.05, 0.1) is 18.8 Å². The molecule has 3 unspecified atom stereocenters. The molecule has 0 aliphatic carbocycles. The van der Waals surface area contributed by atoms with Crippen molar-refractivity contribution < 1.29 is 17.9 Å². The second-order valence-electron chi connectivity index (χ2n) is 8.38. The molecule has 2 N–H and O–H groups in total. The molecule has 0 spiro atoms. The summed E-state index contributed by atoms with van der Waals surface area (Å²) in [7, 11) is 1.68. The van der Waals surface area contributed by atoms with Gasteiger partial charge < -0.3 is 15.4 Å². The van der Waals surface area contributed by atoms with Crippen LogP contribution in [-0.4, -0.2) is 92.0 Å². The lowest BCUT2D eigenvalue weighted by Gasteiger charge is -2.45. The van der Waals surface area contributed by atoms with Crippen LogP contribution in [0.2, 0.25) is 0 Å². The smallest absolute Gasteiger partial charge is 0.373 e. The Bertz CT molecular complexity index is 502. The SMILES string of the molecule is CN=C(NCC(C)(C)N1CC(C)OC(C)C1)NC1CCN(CC(F)(F)F)C1. The van der Waals surface area contributed by atoms with Crippen LogP contribution < -0.4 is 10.6 Å². The van der Waals surface area contributed by atoms with E-state index in [1.165, 1.54) is 4.90 Å². The van der Waals surface area contributed by atoms with Crippen LogP contribution in [0.1, 0.15) is 34.1 Å². The predicted octanol–water partition coefficient (Wildman–Crippen LogP) is 1.68. The maximum Gasteiger partial charge on any atom is 0.401 e. The van der Waals surface area contributed by atoms with Gasteiger partial charge in [0.2, 0.25) is 0 Å². The van der Waals surface area contributed by atoms with Crippen LogP contribution in [0.4, 0.5) is 13.2 Å². The average Bonchev–Trinajstić information content (AvgIpc) is 2.95. The predicted molar refractivity (Wildman–Crippen MR) is 101 cm³/mol. The number of nitrogens with zero attached hydrogens (tertiary/aromatic N) is 3. The highest BCUT2D eigenvalue weighted by molar-refractivity contribution is 5.80. The Morgan fingerprint density at radius 2 is 1.78 bits per heavy atom. The third-order valence-electron chi connectivity index (χ3n) is 5.20. The lowest BCUT2D eigenvalue weighted by molar-refractivity contribution is -0.143. The van der Waals surface area contributed by atoms with E-state index in [9.17, 15) is 13.2 Å². The number of hydrogen-bond donors (Lipinski definition) is 2. The van der Waals surface area contributed by atoms with Gasteiger partial charge >= 0.3 is 6.18 Å². The molecule has 3 atom stereocenters. The molecule has 2 rings (SSSR count). The fourth-order valence-electron chi connectivity index (χ4n) is 3.82. The van der Waals surface area contributed by atoms with Crippen LogP contribution >= 0.6 is 0 Å². The normalized spacial score (nSPS) is 29.2. The van der Waals surface area contributed by atoms with Crippen molar-refractivity contribution in [2.45, 2.75) is 64.1 Å². The molecule has 2 saturated heterocycles. The molecule has 0 saturated carbocycles. The molecule has 27 heavy (non-hydrogen) atoms. The molecule has 0 aromatic rings. The third-order valence-corrected chi connectivity index (χ3v) is 5.20. The molecule has 0 aromatic carbocycles. The zero-order valence-corrected chi connectivity index (χ0v) is 17.1. The molecule has 0 aromatic heterocycles. The minimum atomic E-state index is -4.15. The van der Waals surface area contributed by atoms with Crippen molar-refractivity contribution in [2.24, 2.45) is 4.99 Å². The highest BCUT2D eigenvalue weighted by Crippen LogP contribution is 2.21. The van der Waals surface area contributed by atoms with E-state index >= 15 is 0 Å². The number of halogens is 3. The Labute approximate surface area is 160 Å². The van der Waals surface area contributed by atoms with Crippen molar-refractivity contribution in [2.75, 3.05) is 46.3 Å². The van der Waals surface area contributed by atoms with E-state index < -0.39 is 12.7 Å². The Hall–Kier alpha value is -1.06. The molecule has 158 valence electrons. The molecule has 9 heteroatoms. The Kier molecular flexibility index (Phi) is 7.38. The van der Waals surface area contributed by atoms with Gasteiger partial charge in [-0.15, -0.1) is 0 Å². The van der Waals surface area contributed by atoms with Gasteiger partial charge in [-0.05, 0) is 34.1 Å². The Balaban J connectivity index is 1.81. The zero-order chi connectivity index (χ0) is 20.2. The fraction of sp³-hybridized carbons (Fsp3) is 0.944. The van der Waals surface area contributed by atoms with Gasteiger partial charge in [-0.25, -0.2) is 0 Å². The van der Waals surface area contributed by atoms with Crippen LogP contribution in [0.3, 0.4) is 0 Å². The maximum atomic E-state index is 12.5. The molecule has 2 fully saturated rings. The molecule has 0 bridgehead atoms. The first-order chi connectivity index (χ1) is 12.5. The molecular formula is C18H34F3N5O. The van der Waals surface area contributed by atoms with Gasteiger partial charge in [0.15, 0.2) is 5.96 Å². The van der Waals surface area contributed by atoms with E-state index in [2.05, 4.69) is 48.2 Å². The second kappa shape index (κ2) is 8.96. The van der Waals surface area contributed by atoms with Crippen LogP contribution in [-0.2, 0) is 4.74 Å². The van der Waals surface area contributed by atoms with Crippen LogP contribution in [0.25, 0.3) is 0 Å². The van der Waals surface area contributed by atoms with Crippen LogP contribution in [0, 0.1) is 0 Å². The number of nitrogens with one attached hydrogen (secondary N) is 2. The molecule has 0 amide bonds. The van der Waals surface area contributed by atoms with E-state index in [1.807, 2.05) is 0 Å². The van der Waals surface area contributed by atoms with Gasteiger partial charge in [-0.3, -0.25) is 14.8 Å². The Morgan fingerprint density at radius 3 is 2.33 bits per heavy atom. The van der Waals surface area contributed by atoms with E-state index in [0.717, 1.165) is 13.1 Å². The second-order valence-corrected chi connectivity index (χ2v) is 8.38. The first-order valence-electron chi connectivity index (χ1n) is 9.65. The van der Waals surface area contributed by atoms with Gasteiger partial charge in [-0.2, -0.15) is 13.2 Å². The van der Waals surface area contributed by atoms with Crippen molar-refractivity contribution in [3.8, 4) is 0 Å². The summed E-state index contributed by atoms with van der Waals surface area (Å²) < 4.78 is 43.4. The minimum absolute atomic E-state index is 0.0231. The molecule has 6 nitrogen and oxygen atoms in total. The van der Waals surface area contributed by atoms with Gasteiger partial charge in [0, 0.05) is 51.4 Å². The van der Waals surface area contributed by atoms with E-state index in [4.69, 9.17) is 4.74 Å². The van der Waals surface area contributed by atoms with Gasteiger partial charge in [-0.1, -0.05) is 0 Å². The number of hydrogen-bond acceptors (Lipinski definition) is 4. The molecule has 0 radical (unpaired) electrons. The summed E-state index contributed by atoms with van der Waals surface area (Å²) in [5.74, 6) is 0.635. The number of alkyl halides is 3. The summed E-state index contributed by atoms with van der Waals surface area (Å²) in [4.78, 5) is 8.09. The van der Waals surface area contributed by atoms with E-state index in [1.54, 1.807) is 7.05 Å². The summed E-state index contributed by atoms with van der Waals surface area (Å²) in [6.45, 7) is 10.9. The standard InChI is InChI=1S/C18H34F3N5O/c1-13-8-26(9-14(2)27-13)17(3,4)11-23-16(22-5)24-15-6-7-25(10-15)12-18(19,20)21/h13-15H,6-12H2,1-5H3,(H2,22,23,24). The lowest BCUT2D eigenvalue weighted by atomic mass is 10.00. The third kappa shape index (κ3) is 7.12. The number of guanidine groups is 1. The summed E-state index contributed by atoms with van der Waals surface area (Å²) >= 11 is 0. The van der Waals surface area contributed by atoms with Crippen molar-refractivity contribution >= 4 is 5.96 Å². The molecule has 2 aliphatic heterocycles. The number of aliphatic imine (C=N–C) groups is 1. The summed E-state index contributed by atoms with van der Waals surface area (Å²) in [6.07, 6.45) is -3.07. The number of likely N-dealkylation sites (tertiary alicyclic amines) is 1. The van der Waals surface area contributed by atoms with E-state index in [0.29, 0.717) is 32.0 Å². The quantitative estimate of drug-likeness (QED) is 0.550. The van der Waals surface area contributed by atoms with Crippen molar-refractivity contribution in [1.29, 1.82) is 0 Å². The minimum Gasteiger partial charge on any atom is -0.373 e. The number of morpholine rings is 1. The van der Waals surface area contributed by atoms with Crippen molar-refractivity contribution in [3.63, 3.8) is 0 Å². The van der Waals surface area contributed by atoms with Crippen molar-refractivity contribution in [3.05, 3.63) is 0 Å². The monoisotopic (exact) mass is 393 g/mol. The van der Waals surface area contributed by atoms with Gasteiger partial charge in [0.1, 0.15) is 0 Å². The number of rotatable bonds is 5. The first-order valence-corrected chi connectivity index (χ1v) is 9.65. The van der Waals surface area contributed by atoms with E-state index in [-0.39, 0.29) is 23.8 Å². The summed E-state index contributed by atoms with van der Waals surface area (Å²) in [5, 5.41) is 6.60. The first kappa shape index (κ1) is 22.2. The highest BCUT2D eigenvalue weighted by Gasteiger charge is 2.35. The fourth-order valence-corrected chi connectivity index (χ4v) is 3.82. The largest absolute Gasteiger partial charge is 0.401 e. The molecule has 2 aliphatic rings. The lowest BCUT2D eigenvalue weighted by Crippen LogP contribution is -2.59. The van der Waals surface area contributed by atoms with Crippen LogP contribution in [0.5, 0.6) is 0 Å². The Morgan fingerprint density at radius 1 is 1.15 bits per heavy atom. The summed E-state index contributed by atoms with van der Waals surface area (Å²) in [5.41, 5.74) is -0.0953. The summed E-state index contributed by atoms with van der Waals surface area (Å²) in [6, 6.07) is -0.0231. The molecule has 2 heterocycles. The topological polar surface area (TPSA) is 52.1 Å². The molecular weight excluding hydrogens is 359 g/mol. The maximum absolute atomic E-state index is 12.5. The average molecular weight is 393 g/mol. The van der Waals surface area contributed by atoms with Crippen molar-refractivity contribution in [1.82, 2.24) is 20.4 Å². The van der Waals surface area contributed by atoms with Crippen LogP contribution in [0.15, 0.2) is 4.99 Å². The van der Waals surface area contributed by atoms with Gasteiger partial charge in [0.25, 0.3) is 0 Å². The highest BCUT2D eigenvalue weighted by atomic mass is 19.4. The zero-order valence-electron chi connectivity index (χ0n) is 17.1. The number of ether oxygens (including phenoxy) is 1.